The summed E-state index contributed by atoms with van der Waals surface area (Å²) in [6, 6.07) is 9.54. The van der Waals surface area contributed by atoms with Gasteiger partial charge >= 0.3 is 0 Å². The van der Waals surface area contributed by atoms with Gasteiger partial charge in [0.15, 0.2) is 0 Å². The SMILES string of the molecule is CS(=O)(=O)N1CCC[C@@H](OCc2nc(-c3ccccc3)no2)C1. The second-order valence-corrected chi connectivity index (χ2v) is 7.56. The van der Waals surface area contributed by atoms with Crippen molar-refractivity contribution in [2.45, 2.75) is 25.6 Å². The molecule has 23 heavy (non-hydrogen) atoms. The summed E-state index contributed by atoms with van der Waals surface area (Å²) in [5.41, 5.74) is 0.878. The first kappa shape index (κ1) is 16.1. The fraction of sp³-hybridized carbons (Fsp3) is 0.467. The Morgan fingerprint density at radius 2 is 2.13 bits per heavy atom. The summed E-state index contributed by atoms with van der Waals surface area (Å²) >= 11 is 0. The van der Waals surface area contributed by atoms with Crippen LogP contribution in [0.4, 0.5) is 0 Å². The molecule has 8 heteroatoms. The molecule has 0 aliphatic carbocycles. The molecule has 0 amide bonds. The van der Waals surface area contributed by atoms with Crippen LogP contribution in [0.25, 0.3) is 11.4 Å². The van der Waals surface area contributed by atoms with E-state index < -0.39 is 10.0 Å². The highest BCUT2D eigenvalue weighted by molar-refractivity contribution is 7.88. The van der Waals surface area contributed by atoms with E-state index in [1.807, 2.05) is 30.3 Å². The summed E-state index contributed by atoms with van der Waals surface area (Å²) in [6.07, 6.45) is 2.69. The number of sulfonamides is 1. The van der Waals surface area contributed by atoms with E-state index in [2.05, 4.69) is 10.1 Å². The van der Waals surface area contributed by atoms with E-state index in [4.69, 9.17) is 9.26 Å². The second kappa shape index (κ2) is 6.77. The molecule has 1 aliphatic rings. The third-order valence-corrected chi connectivity index (χ3v) is 5.02. The molecule has 124 valence electrons. The molecule has 0 N–H and O–H groups in total. The van der Waals surface area contributed by atoms with Crippen molar-refractivity contribution in [3.05, 3.63) is 36.2 Å². The van der Waals surface area contributed by atoms with Crippen LogP contribution in [0.1, 0.15) is 18.7 Å². The summed E-state index contributed by atoms with van der Waals surface area (Å²) in [5.74, 6) is 0.908. The van der Waals surface area contributed by atoms with Crippen LogP contribution < -0.4 is 0 Å². The van der Waals surface area contributed by atoms with E-state index in [1.165, 1.54) is 10.6 Å². The fourth-order valence-electron chi connectivity index (χ4n) is 2.55. The zero-order valence-corrected chi connectivity index (χ0v) is 13.7. The average Bonchev–Trinajstić information content (AvgIpc) is 3.02. The molecule has 0 bridgehead atoms. The van der Waals surface area contributed by atoms with Crippen molar-refractivity contribution in [3.63, 3.8) is 0 Å². The molecular formula is C15H19N3O4S. The Labute approximate surface area is 135 Å². The van der Waals surface area contributed by atoms with Crippen molar-refractivity contribution in [3.8, 4) is 11.4 Å². The van der Waals surface area contributed by atoms with Crippen LogP contribution in [0.5, 0.6) is 0 Å². The number of rotatable bonds is 5. The zero-order chi connectivity index (χ0) is 16.3. The molecular weight excluding hydrogens is 318 g/mol. The molecule has 1 aromatic carbocycles. The highest BCUT2D eigenvalue weighted by Crippen LogP contribution is 2.18. The Kier molecular flexibility index (Phi) is 4.74. The Hall–Kier alpha value is -1.77. The predicted molar refractivity (Wildman–Crippen MR) is 84.0 cm³/mol. The Morgan fingerprint density at radius 3 is 2.87 bits per heavy atom. The molecule has 1 atom stereocenters. The van der Waals surface area contributed by atoms with Crippen LogP contribution in [0.2, 0.25) is 0 Å². The molecule has 0 radical (unpaired) electrons. The topological polar surface area (TPSA) is 85.5 Å². The highest BCUT2D eigenvalue weighted by atomic mass is 32.2. The van der Waals surface area contributed by atoms with E-state index in [0.29, 0.717) is 24.8 Å². The van der Waals surface area contributed by atoms with Crippen LogP contribution in [0.15, 0.2) is 34.9 Å². The Bertz CT molecular complexity index is 745. The van der Waals surface area contributed by atoms with Crippen LogP contribution in [-0.4, -0.2) is 48.3 Å². The van der Waals surface area contributed by atoms with Crippen molar-refractivity contribution in [2.75, 3.05) is 19.3 Å². The van der Waals surface area contributed by atoms with Gasteiger partial charge in [0, 0.05) is 18.7 Å². The lowest BCUT2D eigenvalue weighted by Crippen LogP contribution is -2.42. The molecule has 1 fully saturated rings. The van der Waals surface area contributed by atoms with Gasteiger partial charge in [-0.25, -0.2) is 8.42 Å². The number of ether oxygens (including phenoxy) is 1. The van der Waals surface area contributed by atoms with Gasteiger partial charge in [-0.3, -0.25) is 0 Å². The minimum atomic E-state index is -3.17. The summed E-state index contributed by atoms with van der Waals surface area (Å²) in [5, 5.41) is 3.93. The molecule has 1 aliphatic heterocycles. The molecule has 2 heterocycles. The van der Waals surface area contributed by atoms with Gasteiger partial charge in [-0.05, 0) is 12.8 Å². The first-order valence-corrected chi connectivity index (χ1v) is 9.32. The lowest BCUT2D eigenvalue weighted by Gasteiger charge is -2.30. The second-order valence-electron chi connectivity index (χ2n) is 5.57. The highest BCUT2D eigenvalue weighted by Gasteiger charge is 2.26. The summed E-state index contributed by atoms with van der Waals surface area (Å²) in [4.78, 5) is 4.30. The number of hydrogen-bond donors (Lipinski definition) is 0. The number of nitrogens with zero attached hydrogens (tertiary/aromatic N) is 3. The Morgan fingerprint density at radius 1 is 1.35 bits per heavy atom. The van der Waals surface area contributed by atoms with Crippen LogP contribution in [-0.2, 0) is 21.4 Å². The normalized spacial score (nSPS) is 19.8. The van der Waals surface area contributed by atoms with E-state index in [0.717, 1.165) is 18.4 Å². The van der Waals surface area contributed by atoms with Gasteiger partial charge in [0.1, 0.15) is 6.61 Å². The summed E-state index contributed by atoms with van der Waals surface area (Å²) in [7, 11) is -3.17. The first-order chi connectivity index (χ1) is 11.0. The van der Waals surface area contributed by atoms with Gasteiger partial charge in [-0.15, -0.1) is 0 Å². The van der Waals surface area contributed by atoms with Gasteiger partial charge in [0.25, 0.3) is 5.89 Å². The van der Waals surface area contributed by atoms with Gasteiger partial charge in [-0.1, -0.05) is 35.5 Å². The maximum atomic E-state index is 11.6. The Balaban J connectivity index is 1.58. The summed E-state index contributed by atoms with van der Waals surface area (Å²) in [6.45, 7) is 1.11. The molecule has 0 unspecified atom stereocenters. The molecule has 7 nitrogen and oxygen atoms in total. The molecule has 3 rings (SSSR count). The smallest absolute Gasteiger partial charge is 0.252 e. The lowest BCUT2D eigenvalue weighted by atomic mass is 10.1. The van der Waals surface area contributed by atoms with Crippen molar-refractivity contribution < 1.29 is 17.7 Å². The number of benzene rings is 1. The first-order valence-electron chi connectivity index (χ1n) is 7.47. The molecule has 0 saturated carbocycles. The van der Waals surface area contributed by atoms with E-state index in [9.17, 15) is 8.42 Å². The largest absolute Gasteiger partial charge is 0.367 e. The minimum Gasteiger partial charge on any atom is -0.367 e. The van der Waals surface area contributed by atoms with Gasteiger partial charge in [0.2, 0.25) is 15.8 Å². The number of hydrogen-bond acceptors (Lipinski definition) is 6. The molecule has 1 aromatic heterocycles. The molecule has 0 spiro atoms. The van der Waals surface area contributed by atoms with Crippen molar-refractivity contribution >= 4 is 10.0 Å². The standard InChI is InChI=1S/C15H19N3O4S/c1-23(19,20)18-9-5-8-13(10-18)21-11-14-16-15(17-22-14)12-6-3-2-4-7-12/h2-4,6-7,13H,5,8-11H2,1H3/t13-/m1/s1. The van der Waals surface area contributed by atoms with E-state index in [1.54, 1.807) is 0 Å². The monoisotopic (exact) mass is 337 g/mol. The summed E-state index contributed by atoms with van der Waals surface area (Å²) < 4.78 is 35.6. The number of piperidine rings is 1. The quantitative estimate of drug-likeness (QED) is 0.825. The maximum Gasteiger partial charge on any atom is 0.252 e. The third kappa shape index (κ3) is 4.15. The van der Waals surface area contributed by atoms with Gasteiger partial charge in [-0.2, -0.15) is 9.29 Å². The molecule has 2 aromatic rings. The number of aromatic nitrogens is 2. The van der Waals surface area contributed by atoms with Crippen LogP contribution in [0.3, 0.4) is 0 Å². The van der Waals surface area contributed by atoms with Crippen LogP contribution in [0, 0.1) is 0 Å². The van der Waals surface area contributed by atoms with Gasteiger partial charge < -0.3 is 9.26 Å². The zero-order valence-electron chi connectivity index (χ0n) is 12.9. The predicted octanol–water partition coefficient (Wildman–Crippen LogP) is 1.68. The maximum absolute atomic E-state index is 11.6. The van der Waals surface area contributed by atoms with E-state index in [-0.39, 0.29) is 12.7 Å². The van der Waals surface area contributed by atoms with Crippen molar-refractivity contribution in [1.29, 1.82) is 0 Å². The average molecular weight is 337 g/mol. The van der Waals surface area contributed by atoms with Crippen LogP contribution >= 0.6 is 0 Å². The van der Waals surface area contributed by atoms with Crippen molar-refractivity contribution in [2.24, 2.45) is 0 Å². The third-order valence-electron chi connectivity index (χ3n) is 3.75. The minimum absolute atomic E-state index is 0.148. The molecule has 1 saturated heterocycles. The fourth-order valence-corrected chi connectivity index (χ4v) is 3.45. The lowest BCUT2D eigenvalue weighted by molar-refractivity contribution is -0.00284. The van der Waals surface area contributed by atoms with E-state index >= 15 is 0 Å². The van der Waals surface area contributed by atoms with Crippen molar-refractivity contribution in [1.82, 2.24) is 14.4 Å². The van der Waals surface area contributed by atoms with Gasteiger partial charge in [0.05, 0.1) is 12.4 Å².